The zero-order chi connectivity index (χ0) is 16.5. The molecule has 0 bridgehead atoms. The van der Waals surface area contributed by atoms with Crippen molar-refractivity contribution in [2.75, 3.05) is 6.61 Å². The van der Waals surface area contributed by atoms with Crippen molar-refractivity contribution in [3.63, 3.8) is 0 Å². The van der Waals surface area contributed by atoms with Gasteiger partial charge in [-0.05, 0) is 0 Å². The number of H-pyrrole nitrogens is 1. The largest absolute Gasteiger partial charge is 0.469 e. The lowest BCUT2D eigenvalue weighted by Crippen LogP contribution is -2.34. The highest BCUT2D eigenvalue weighted by Crippen LogP contribution is 2.38. The first-order valence-electron chi connectivity index (χ1n) is 6.20. The van der Waals surface area contributed by atoms with E-state index in [1.54, 1.807) is 0 Å². The summed E-state index contributed by atoms with van der Waals surface area (Å²) >= 11 is 0. The van der Waals surface area contributed by atoms with Gasteiger partial charge in [-0.1, -0.05) is 0 Å². The molecule has 1 aromatic rings. The number of hydrogen-bond donors (Lipinski definition) is 5. The lowest BCUT2D eigenvalue weighted by molar-refractivity contribution is -0.0452. The van der Waals surface area contributed by atoms with E-state index < -0.39 is 50.7 Å². The van der Waals surface area contributed by atoms with Gasteiger partial charge in [0.1, 0.15) is 12.3 Å². The summed E-state index contributed by atoms with van der Waals surface area (Å²) in [5.74, 6) is 0. The fourth-order valence-corrected chi connectivity index (χ4v) is 2.40. The van der Waals surface area contributed by atoms with Crippen LogP contribution in [0.5, 0.6) is 0 Å². The minimum Gasteiger partial charge on any atom is -0.391 e. The third-order valence-electron chi connectivity index (χ3n) is 3.13. The average molecular weight is 338 g/mol. The molecule has 0 aliphatic carbocycles. The predicted octanol–water partition coefficient (Wildman–Crippen LogP) is -2.21. The topological polar surface area (TPSA) is 171 Å². The summed E-state index contributed by atoms with van der Waals surface area (Å²) < 4.78 is 21.2. The number of rotatable bonds is 5. The summed E-state index contributed by atoms with van der Waals surface area (Å²) in [6.45, 7) is -1.15. The second-order valence-electron chi connectivity index (χ2n) is 4.70. The Balaban J connectivity index is 2.17. The first-order valence-corrected chi connectivity index (χ1v) is 7.73. The molecule has 0 saturated carbocycles. The number of phosphoric ester groups is 1. The molecule has 0 amide bonds. The van der Waals surface area contributed by atoms with Crippen molar-refractivity contribution in [1.29, 1.82) is 0 Å². The Kier molecular flexibility index (Phi) is 4.97. The van der Waals surface area contributed by atoms with E-state index in [-0.39, 0.29) is 12.0 Å². The van der Waals surface area contributed by atoms with Crippen LogP contribution in [0.1, 0.15) is 18.2 Å². The third kappa shape index (κ3) is 3.90. The second-order valence-corrected chi connectivity index (χ2v) is 5.94. The zero-order valence-electron chi connectivity index (χ0n) is 11.2. The Labute approximate surface area is 123 Å². The molecular weight excluding hydrogens is 323 g/mol. The highest BCUT2D eigenvalue weighted by Gasteiger charge is 2.37. The molecule has 11 nitrogen and oxygen atoms in total. The number of nitrogens with one attached hydrogen (secondary N) is 1. The van der Waals surface area contributed by atoms with E-state index in [1.165, 1.54) is 0 Å². The van der Waals surface area contributed by atoms with E-state index in [2.05, 4.69) is 4.52 Å². The fourth-order valence-electron chi connectivity index (χ4n) is 2.06. The molecule has 0 radical (unpaired) electrons. The molecule has 1 aromatic heterocycles. The van der Waals surface area contributed by atoms with Gasteiger partial charge < -0.3 is 24.7 Å². The minimum atomic E-state index is -4.71. The molecule has 5 N–H and O–H groups in total. The van der Waals surface area contributed by atoms with Gasteiger partial charge in [-0.2, -0.15) is 0 Å². The molecule has 22 heavy (non-hydrogen) atoms. The highest BCUT2D eigenvalue weighted by atomic mass is 31.2. The maximum atomic E-state index is 11.7. The summed E-state index contributed by atoms with van der Waals surface area (Å²) in [6, 6.07) is 0. The fraction of sp³-hybridized carbons (Fsp3) is 0.600. The molecule has 0 spiro atoms. The number of aromatic amines is 1. The van der Waals surface area contributed by atoms with Crippen molar-refractivity contribution in [2.45, 2.75) is 31.5 Å². The van der Waals surface area contributed by atoms with E-state index in [0.717, 1.165) is 10.8 Å². The average Bonchev–Trinajstić information content (AvgIpc) is 2.77. The number of aliphatic hydroxyl groups is 2. The van der Waals surface area contributed by atoms with Gasteiger partial charge in [-0.15, -0.1) is 0 Å². The van der Waals surface area contributed by atoms with Crippen LogP contribution < -0.4 is 11.2 Å². The molecule has 12 heteroatoms. The number of hydrogen-bond acceptors (Lipinski definition) is 7. The molecule has 1 aliphatic rings. The number of phosphoric acid groups is 1. The van der Waals surface area contributed by atoms with Crippen molar-refractivity contribution in [3.05, 3.63) is 32.6 Å². The summed E-state index contributed by atoms with van der Waals surface area (Å²) in [5.41, 5.74) is -1.59. The molecular formula is C10H15N2O9P. The molecule has 1 fully saturated rings. The number of nitrogens with zero attached hydrogens (tertiary/aromatic N) is 1. The smallest absolute Gasteiger partial charge is 0.391 e. The monoisotopic (exact) mass is 338 g/mol. The van der Waals surface area contributed by atoms with Crippen molar-refractivity contribution in [2.24, 2.45) is 0 Å². The van der Waals surface area contributed by atoms with Gasteiger partial charge in [0.05, 0.1) is 24.9 Å². The van der Waals surface area contributed by atoms with Crippen molar-refractivity contribution >= 4 is 7.82 Å². The maximum Gasteiger partial charge on any atom is 0.469 e. The maximum absolute atomic E-state index is 11.7. The normalized spacial score (nSPS) is 25.5. The summed E-state index contributed by atoms with van der Waals surface area (Å²) in [6.07, 6.45) is -2.08. The van der Waals surface area contributed by atoms with Gasteiger partial charge in [-0.3, -0.25) is 18.9 Å². The van der Waals surface area contributed by atoms with E-state index in [0.29, 0.717) is 0 Å². The Morgan fingerprint density at radius 2 is 2.14 bits per heavy atom. The minimum absolute atomic E-state index is 0.0496. The van der Waals surface area contributed by atoms with E-state index in [4.69, 9.17) is 19.6 Å². The number of aromatic nitrogens is 2. The summed E-state index contributed by atoms with van der Waals surface area (Å²) in [7, 11) is -4.71. The van der Waals surface area contributed by atoms with Gasteiger partial charge in [0.15, 0.2) is 0 Å². The van der Waals surface area contributed by atoms with Gasteiger partial charge in [-0.25, -0.2) is 9.36 Å². The standard InChI is InChI=1S/C10H15N2O9P/c13-3-5-2-12(10(16)11-9(5)15)8-1-6(14)7(21-8)4-20-22(17,18)19/h2,6-8,13-14H,1,3-4H2,(H,11,15,16)(H2,17,18,19). The van der Waals surface area contributed by atoms with Gasteiger partial charge in [0.2, 0.25) is 0 Å². The Bertz CT molecular complexity index is 692. The SMILES string of the molecule is O=c1[nH]c(=O)n(C2CC(O)C(COP(=O)(O)O)O2)cc1CO. The molecule has 2 heterocycles. The van der Waals surface area contributed by atoms with Crippen molar-refractivity contribution < 1.29 is 33.8 Å². The Hall–Kier alpha value is -1.33. The van der Waals surface area contributed by atoms with Gasteiger partial charge in [0, 0.05) is 12.6 Å². The Morgan fingerprint density at radius 1 is 1.45 bits per heavy atom. The molecule has 1 saturated heterocycles. The van der Waals surface area contributed by atoms with Gasteiger partial charge in [0.25, 0.3) is 5.56 Å². The van der Waals surface area contributed by atoms with Crippen LogP contribution in [-0.4, -0.2) is 48.4 Å². The first-order chi connectivity index (χ1) is 10.2. The molecule has 3 unspecified atom stereocenters. The van der Waals surface area contributed by atoms with Crippen LogP contribution >= 0.6 is 7.82 Å². The second kappa shape index (κ2) is 6.42. The van der Waals surface area contributed by atoms with Crippen LogP contribution in [0.15, 0.2) is 15.8 Å². The molecule has 0 aromatic carbocycles. The lowest BCUT2D eigenvalue weighted by Gasteiger charge is -2.16. The molecule has 3 atom stereocenters. The summed E-state index contributed by atoms with van der Waals surface area (Å²) in [4.78, 5) is 42.3. The van der Waals surface area contributed by atoms with Crippen LogP contribution in [0.4, 0.5) is 0 Å². The van der Waals surface area contributed by atoms with Crippen LogP contribution in [0, 0.1) is 0 Å². The number of ether oxygens (including phenoxy) is 1. The number of aliphatic hydroxyl groups excluding tert-OH is 2. The van der Waals surface area contributed by atoms with Crippen molar-refractivity contribution in [1.82, 2.24) is 9.55 Å². The van der Waals surface area contributed by atoms with Crippen LogP contribution in [0.2, 0.25) is 0 Å². The van der Waals surface area contributed by atoms with Crippen LogP contribution in [-0.2, 0) is 20.4 Å². The Morgan fingerprint density at radius 3 is 2.73 bits per heavy atom. The summed E-state index contributed by atoms with van der Waals surface area (Å²) in [5, 5.41) is 18.8. The van der Waals surface area contributed by atoms with Crippen LogP contribution in [0.25, 0.3) is 0 Å². The third-order valence-corrected chi connectivity index (χ3v) is 3.62. The molecule has 1 aliphatic heterocycles. The lowest BCUT2D eigenvalue weighted by atomic mass is 10.2. The molecule has 124 valence electrons. The quantitative estimate of drug-likeness (QED) is 0.373. The van der Waals surface area contributed by atoms with E-state index >= 15 is 0 Å². The first kappa shape index (κ1) is 17.0. The van der Waals surface area contributed by atoms with Gasteiger partial charge >= 0.3 is 13.5 Å². The highest BCUT2D eigenvalue weighted by molar-refractivity contribution is 7.46. The predicted molar refractivity (Wildman–Crippen MR) is 69.8 cm³/mol. The van der Waals surface area contributed by atoms with Crippen LogP contribution in [0.3, 0.4) is 0 Å². The molecule has 2 rings (SSSR count). The van der Waals surface area contributed by atoms with E-state index in [1.807, 2.05) is 4.98 Å². The zero-order valence-corrected chi connectivity index (χ0v) is 12.0. The van der Waals surface area contributed by atoms with Crippen molar-refractivity contribution in [3.8, 4) is 0 Å². The van der Waals surface area contributed by atoms with E-state index in [9.17, 15) is 19.3 Å².